The summed E-state index contributed by atoms with van der Waals surface area (Å²) >= 11 is 0. The molecule has 0 radical (unpaired) electrons. The maximum Gasteiger partial charge on any atom is 0.253 e. The highest BCUT2D eigenvalue weighted by Crippen LogP contribution is 2.22. The number of amides is 1. The van der Waals surface area contributed by atoms with Gasteiger partial charge in [0, 0.05) is 18.4 Å². The van der Waals surface area contributed by atoms with Gasteiger partial charge < -0.3 is 9.88 Å². The van der Waals surface area contributed by atoms with E-state index in [2.05, 4.69) is 28.9 Å². The first-order valence-electron chi connectivity index (χ1n) is 7.83. The summed E-state index contributed by atoms with van der Waals surface area (Å²) in [4.78, 5) is 12.6. The summed E-state index contributed by atoms with van der Waals surface area (Å²) in [5, 5.41) is 3.18. The van der Waals surface area contributed by atoms with Crippen molar-refractivity contribution >= 4 is 5.91 Å². The van der Waals surface area contributed by atoms with Crippen LogP contribution in [-0.2, 0) is 13.0 Å². The number of hydrogen-bond acceptors (Lipinski definition) is 1. The largest absolute Gasteiger partial charge is 0.351 e. The summed E-state index contributed by atoms with van der Waals surface area (Å²) in [5.74, 6) is 0.0568. The molecule has 1 aromatic heterocycles. The Kier molecular flexibility index (Phi) is 4.09. The van der Waals surface area contributed by atoms with Crippen molar-refractivity contribution in [3.8, 4) is 0 Å². The molecule has 1 amide bonds. The highest BCUT2D eigenvalue weighted by atomic mass is 16.1. The van der Waals surface area contributed by atoms with E-state index >= 15 is 0 Å². The molecule has 3 nitrogen and oxygen atoms in total. The molecule has 2 heterocycles. The zero-order chi connectivity index (χ0) is 14.7. The van der Waals surface area contributed by atoms with E-state index in [1.807, 2.05) is 30.5 Å². The number of fused-ring (bicyclic) bond motifs is 1. The molecule has 0 aliphatic carbocycles. The Labute approximate surface area is 126 Å². The molecule has 1 N–H and O–H groups in total. The molecule has 1 atom stereocenters. The molecule has 0 saturated carbocycles. The Balaban J connectivity index is 1.78. The van der Waals surface area contributed by atoms with E-state index in [0.29, 0.717) is 0 Å². The molecular weight excluding hydrogens is 260 g/mol. The van der Waals surface area contributed by atoms with Crippen LogP contribution in [0, 0.1) is 0 Å². The Morgan fingerprint density at radius 3 is 2.81 bits per heavy atom. The second-order valence-electron chi connectivity index (χ2n) is 5.67. The second-order valence-corrected chi connectivity index (χ2v) is 5.67. The number of aryl methyl sites for hydroxylation is 1. The molecule has 3 heteroatoms. The van der Waals surface area contributed by atoms with Crippen LogP contribution >= 0.6 is 0 Å². The van der Waals surface area contributed by atoms with Crippen LogP contribution in [0.1, 0.15) is 53.8 Å². The molecule has 1 aromatic carbocycles. The van der Waals surface area contributed by atoms with Gasteiger partial charge in [-0.3, -0.25) is 4.79 Å². The molecule has 0 spiro atoms. The fraction of sp³-hybridized carbons (Fsp3) is 0.389. The second kappa shape index (κ2) is 6.17. The van der Waals surface area contributed by atoms with E-state index in [1.54, 1.807) is 0 Å². The predicted molar refractivity (Wildman–Crippen MR) is 84.3 cm³/mol. The minimum absolute atomic E-state index is 0.0568. The highest BCUT2D eigenvalue weighted by Gasteiger charge is 2.20. The molecule has 0 unspecified atom stereocenters. The first-order chi connectivity index (χ1) is 10.3. The number of hydrogen-bond donors (Lipinski definition) is 1. The van der Waals surface area contributed by atoms with Gasteiger partial charge >= 0.3 is 0 Å². The van der Waals surface area contributed by atoms with Crippen LogP contribution in [0.4, 0.5) is 0 Å². The Bertz CT molecular complexity index is 615. The Morgan fingerprint density at radius 2 is 2.05 bits per heavy atom. The lowest BCUT2D eigenvalue weighted by atomic mass is 10.0. The van der Waals surface area contributed by atoms with Crippen molar-refractivity contribution < 1.29 is 4.79 Å². The third kappa shape index (κ3) is 2.87. The molecule has 1 aliphatic rings. The van der Waals surface area contributed by atoms with Crippen LogP contribution in [-0.4, -0.2) is 10.5 Å². The maximum atomic E-state index is 12.6. The van der Waals surface area contributed by atoms with Crippen molar-refractivity contribution in [3.05, 3.63) is 59.4 Å². The number of nitrogens with one attached hydrogen (secondary N) is 1. The summed E-state index contributed by atoms with van der Waals surface area (Å²) in [6.07, 6.45) is 6.35. The fourth-order valence-electron chi connectivity index (χ4n) is 3.12. The van der Waals surface area contributed by atoms with Gasteiger partial charge in [-0.25, -0.2) is 0 Å². The average Bonchev–Trinajstić information content (AvgIpc) is 2.97. The number of carbonyl (C=O) groups is 1. The molecule has 1 aliphatic heterocycles. The van der Waals surface area contributed by atoms with Gasteiger partial charge in [-0.1, -0.05) is 37.3 Å². The SMILES string of the molecule is CC[C@@H](NC(=O)c1ccn2c1CCCC2)c1ccccc1. The number of aromatic nitrogens is 1. The van der Waals surface area contributed by atoms with E-state index in [1.165, 1.54) is 24.1 Å². The molecule has 0 bridgehead atoms. The lowest BCUT2D eigenvalue weighted by molar-refractivity contribution is 0.0934. The standard InChI is InChI=1S/C18H22N2O/c1-2-16(14-8-4-3-5-9-14)19-18(21)15-11-13-20-12-7-6-10-17(15)20/h3-5,8-9,11,13,16H,2,6-7,10,12H2,1H3,(H,19,21)/t16-/m1/s1. The predicted octanol–water partition coefficient (Wildman–Crippen LogP) is 3.71. The van der Waals surface area contributed by atoms with Crippen molar-refractivity contribution in [1.29, 1.82) is 0 Å². The third-order valence-corrected chi connectivity index (χ3v) is 4.30. The van der Waals surface area contributed by atoms with Crippen molar-refractivity contribution in [2.45, 2.75) is 45.2 Å². The Hall–Kier alpha value is -2.03. The lowest BCUT2D eigenvalue weighted by Crippen LogP contribution is -2.29. The Morgan fingerprint density at radius 1 is 1.24 bits per heavy atom. The van der Waals surface area contributed by atoms with Gasteiger partial charge in [-0.15, -0.1) is 0 Å². The fourth-order valence-corrected chi connectivity index (χ4v) is 3.12. The summed E-state index contributed by atoms with van der Waals surface area (Å²) in [6.45, 7) is 3.14. The van der Waals surface area contributed by atoms with E-state index < -0.39 is 0 Å². The minimum Gasteiger partial charge on any atom is -0.351 e. The number of benzene rings is 1. The third-order valence-electron chi connectivity index (χ3n) is 4.30. The zero-order valence-corrected chi connectivity index (χ0v) is 12.5. The normalized spacial score (nSPS) is 15.3. The maximum absolute atomic E-state index is 12.6. The van der Waals surface area contributed by atoms with Crippen LogP contribution in [0.5, 0.6) is 0 Å². The number of rotatable bonds is 4. The van der Waals surface area contributed by atoms with Gasteiger partial charge in [-0.2, -0.15) is 0 Å². The van der Waals surface area contributed by atoms with Gasteiger partial charge in [0.25, 0.3) is 5.91 Å². The van der Waals surface area contributed by atoms with E-state index in [4.69, 9.17) is 0 Å². The quantitative estimate of drug-likeness (QED) is 0.911. The van der Waals surface area contributed by atoms with Gasteiger partial charge in [0.2, 0.25) is 0 Å². The molecule has 110 valence electrons. The van der Waals surface area contributed by atoms with Crippen LogP contribution in [0.3, 0.4) is 0 Å². The first kappa shape index (κ1) is 13.9. The molecule has 2 aromatic rings. The molecule has 3 rings (SSSR count). The smallest absolute Gasteiger partial charge is 0.253 e. The van der Waals surface area contributed by atoms with Crippen LogP contribution < -0.4 is 5.32 Å². The summed E-state index contributed by atoms with van der Waals surface area (Å²) in [6, 6.07) is 12.2. The first-order valence-corrected chi connectivity index (χ1v) is 7.83. The van der Waals surface area contributed by atoms with Crippen molar-refractivity contribution in [2.75, 3.05) is 0 Å². The monoisotopic (exact) mass is 282 g/mol. The zero-order valence-electron chi connectivity index (χ0n) is 12.5. The van der Waals surface area contributed by atoms with Crippen molar-refractivity contribution in [1.82, 2.24) is 9.88 Å². The topological polar surface area (TPSA) is 34.0 Å². The lowest BCUT2D eigenvalue weighted by Gasteiger charge is -2.19. The molecule has 0 saturated heterocycles. The van der Waals surface area contributed by atoms with Crippen LogP contribution in [0.2, 0.25) is 0 Å². The van der Waals surface area contributed by atoms with Gasteiger partial charge in [0.1, 0.15) is 0 Å². The van der Waals surface area contributed by atoms with Crippen molar-refractivity contribution in [3.63, 3.8) is 0 Å². The van der Waals surface area contributed by atoms with Crippen LogP contribution in [0.15, 0.2) is 42.6 Å². The molecule has 0 fully saturated rings. The van der Waals surface area contributed by atoms with Crippen molar-refractivity contribution in [2.24, 2.45) is 0 Å². The van der Waals surface area contributed by atoms with Gasteiger partial charge in [0.05, 0.1) is 11.6 Å². The highest BCUT2D eigenvalue weighted by molar-refractivity contribution is 5.95. The number of carbonyl (C=O) groups excluding carboxylic acids is 1. The van der Waals surface area contributed by atoms with E-state index in [0.717, 1.165) is 24.9 Å². The van der Waals surface area contributed by atoms with Gasteiger partial charge in [0.15, 0.2) is 0 Å². The summed E-state index contributed by atoms with van der Waals surface area (Å²) in [5.41, 5.74) is 3.21. The summed E-state index contributed by atoms with van der Waals surface area (Å²) in [7, 11) is 0. The summed E-state index contributed by atoms with van der Waals surface area (Å²) < 4.78 is 2.22. The minimum atomic E-state index is 0.0568. The van der Waals surface area contributed by atoms with Gasteiger partial charge in [-0.05, 0) is 37.3 Å². The number of nitrogens with zero attached hydrogens (tertiary/aromatic N) is 1. The molecular formula is C18H22N2O. The van der Waals surface area contributed by atoms with E-state index in [9.17, 15) is 4.79 Å². The average molecular weight is 282 g/mol. The van der Waals surface area contributed by atoms with Crippen LogP contribution in [0.25, 0.3) is 0 Å². The van der Waals surface area contributed by atoms with E-state index in [-0.39, 0.29) is 11.9 Å². The molecule has 21 heavy (non-hydrogen) atoms.